The van der Waals surface area contributed by atoms with Gasteiger partial charge in [0.2, 0.25) is 12.6 Å². The van der Waals surface area contributed by atoms with Gasteiger partial charge in [-0.25, -0.2) is 18.4 Å². The maximum Gasteiger partial charge on any atom is 0.510 e. The normalized spacial score (nSPS) is 16.5. The van der Waals surface area contributed by atoms with Crippen LogP contribution in [0.1, 0.15) is 41.5 Å². The van der Waals surface area contributed by atoms with E-state index < -0.39 is 38.6 Å². The molecule has 0 radical (unpaired) electrons. The summed E-state index contributed by atoms with van der Waals surface area (Å²) in [6.07, 6.45) is -3.92. The Hall–Kier alpha value is -1.15. The van der Waals surface area contributed by atoms with E-state index in [0.717, 1.165) is 0 Å². The molecule has 0 aliphatic heterocycles. The number of hydrogen-bond acceptors (Lipinski definition) is 9. The van der Waals surface area contributed by atoms with Crippen LogP contribution in [0.25, 0.3) is 0 Å². The van der Waals surface area contributed by atoms with E-state index in [-0.39, 0.29) is 6.61 Å². The largest absolute Gasteiger partial charge is 0.510 e. The molecule has 3 unspecified atom stereocenters. The summed E-state index contributed by atoms with van der Waals surface area (Å²) in [6, 6.07) is 0. The van der Waals surface area contributed by atoms with Crippen LogP contribution in [-0.2, 0) is 37.1 Å². The first-order valence-electron chi connectivity index (χ1n) is 6.73. The lowest BCUT2D eigenvalue weighted by molar-refractivity contribution is -0.162. The minimum absolute atomic E-state index is 0.117. The second-order valence-corrected chi connectivity index (χ2v) is 5.88. The van der Waals surface area contributed by atoms with Gasteiger partial charge in [-0.2, -0.15) is 0 Å². The van der Waals surface area contributed by atoms with Crippen LogP contribution in [0.4, 0.5) is 4.79 Å². The smallest absolute Gasteiger partial charge is 0.436 e. The average Bonchev–Trinajstić information content (AvgIpc) is 2.24. The molecule has 0 bridgehead atoms. The molecule has 130 valence electrons. The molecule has 0 aromatic rings. The standard InChI is InChI=1S/C12H23O9P/c1-7-16-12(14)18-11(6)21-22(15,19-8(2)3)20-10(5)17-9(4)13/h8,10-11H,7H2,1-6H3. The summed E-state index contributed by atoms with van der Waals surface area (Å²) in [6.45, 7) is 8.75. The molecule has 10 heteroatoms. The third-order valence-electron chi connectivity index (χ3n) is 1.75. The van der Waals surface area contributed by atoms with Crippen molar-refractivity contribution in [3.8, 4) is 0 Å². The van der Waals surface area contributed by atoms with Crippen molar-refractivity contribution in [1.82, 2.24) is 0 Å². The summed E-state index contributed by atoms with van der Waals surface area (Å²) in [5, 5.41) is 0. The zero-order valence-corrected chi connectivity index (χ0v) is 14.5. The summed E-state index contributed by atoms with van der Waals surface area (Å²) in [4.78, 5) is 22.0. The second-order valence-electron chi connectivity index (χ2n) is 4.36. The SMILES string of the molecule is CCOC(=O)OC(C)OP(=O)(OC(C)C)OC(C)OC(C)=O. The summed E-state index contributed by atoms with van der Waals surface area (Å²) >= 11 is 0. The fourth-order valence-electron chi connectivity index (χ4n) is 1.26. The summed E-state index contributed by atoms with van der Waals surface area (Å²) < 4.78 is 41.6. The van der Waals surface area contributed by atoms with Crippen molar-refractivity contribution in [2.45, 2.75) is 60.2 Å². The van der Waals surface area contributed by atoms with Gasteiger partial charge in [-0.15, -0.1) is 0 Å². The van der Waals surface area contributed by atoms with E-state index >= 15 is 0 Å². The van der Waals surface area contributed by atoms with Gasteiger partial charge in [-0.05, 0) is 34.6 Å². The van der Waals surface area contributed by atoms with Crippen LogP contribution in [0.5, 0.6) is 0 Å². The molecule has 0 aliphatic rings. The lowest BCUT2D eigenvalue weighted by atomic mass is 10.5. The Bertz CT molecular complexity index is 409. The van der Waals surface area contributed by atoms with Crippen LogP contribution in [-0.4, -0.2) is 37.4 Å². The third kappa shape index (κ3) is 9.73. The number of rotatable bonds is 9. The van der Waals surface area contributed by atoms with Gasteiger partial charge in [0.15, 0.2) is 0 Å². The van der Waals surface area contributed by atoms with Crippen molar-refractivity contribution in [3.05, 3.63) is 0 Å². The van der Waals surface area contributed by atoms with E-state index in [0.29, 0.717) is 0 Å². The Morgan fingerprint density at radius 2 is 1.45 bits per heavy atom. The minimum Gasteiger partial charge on any atom is -0.436 e. The first-order valence-corrected chi connectivity index (χ1v) is 8.20. The fourth-order valence-corrected chi connectivity index (χ4v) is 2.74. The Balaban J connectivity index is 4.76. The van der Waals surface area contributed by atoms with Gasteiger partial charge >= 0.3 is 19.9 Å². The molecule has 0 fully saturated rings. The summed E-state index contributed by atoms with van der Waals surface area (Å²) in [5.74, 6) is -0.626. The highest BCUT2D eigenvalue weighted by molar-refractivity contribution is 7.48. The minimum atomic E-state index is -4.13. The Kier molecular flexibility index (Phi) is 9.27. The number of phosphoric ester groups is 1. The molecule has 0 aromatic carbocycles. The number of carbonyl (C=O) groups excluding carboxylic acids is 2. The monoisotopic (exact) mass is 342 g/mol. The van der Waals surface area contributed by atoms with Crippen LogP contribution in [0.2, 0.25) is 0 Å². The van der Waals surface area contributed by atoms with E-state index in [1.54, 1.807) is 20.8 Å². The quantitative estimate of drug-likeness (QED) is 0.355. The predicted molar refractivity (Wildman–Crippen MR) is 74.8 cm³/mol. The number of carbonyl (C=O) groups is 2. The Labute approximate surface area is 129 Å². The summed E-state index contributed by atoms with van der Waals surface area (Å²) in [7, 11) is -4.13. The van der Waals surface area contributed by atoms with Crippen LogP contribution in [0, 0.1) is 0 Å². The van der Waals surface area contributed by atoms with E-state index in [1.165, 1.54) is 20.8 Å². The van der Waals surface area contributed by atoms with Crippen molar-refractivity contribution in [1.29, 1.82) is 0 Å². The number of hydrogen-bond donors (Lipinski definition) is 0. The van der Waals surface area contributed by atoms with Crippen LogP contribution in [0.3, 0.4) is 0 Å². The molecule has 9 nitrogen and oxygen atoms in total. The fraction of sp³-hybridized carbons (Fsp3) is 0.833. The summed E-state index contributed by atoms with van der Waals surface area (Å²) in [5.41, 5.74) is 0. The van der Waals surface area contributed by atoms with E-state index in [9.17, 15) is 14.2 Å². The van der Waals surface area contributed by atoms with E-state index in [1.807, 2.05) is 0 Å². The molecule has 0 aliphatic carbocycles. The number of phosphoric acid groups is 1. The molecule has 3 atom stereocenters. The van der Waals surface area contributed by atoms with E-state index in [4.69, 9.17) is 23.0 Å². The van der Waals surface area contributed by atoms with Gasteiger partial charge in [-0.3, -0.25) is 9.32 Å². The van der Waals surface area contributed by atoms with Crippen LogP contribution < -0.4 is 0 Å². The maximum atomic E-state index is 12.5. The highest BCUT2D eigenvalue weighted by atomic mass is 31.2. The highest BCUT2D eigenvalue weighted by Crippen LogP contribution is 2.52. The van der Waals surface area contributed by atoms with Crippen molar-refractivity contribution >= 4 is 19.9 Å². The average molecular weight is 342 g/mol. The zero-order valence-electron chi connectivity index (χ0n) is 13.6. The highest BCUT2D eigenvalue weighted by Gasteiger charge is 2.35. The number of esters is 1. The van der Waals surface area contributed by atoms with Gasteiger partial charge in [0, 0.05) is 6.92 Å². The van der Waals surface area contributed by atoms with Crippen molar-refractivity contribution in [2.24, 2.45) is 0 Å². The first kappa shape index (κ1) is 20.9. The van der Waals surface area contributed by atoms with Crippen molar-refractivity contribution in [2.75, 3.05) is 6.61 Å². The molecule has 0 aromatic heterocycles. The molecule has 0 N–H and O–H groups in total. The van der Waals surface area contributed by atoms with Crippen LogP contribution >= 0.6 is 7.82 Å². The van der Waals surface area contributed by atoms with Gasteiger partial charge in [0.25, 0.3) is 0 Å². The predicted octanol–water partition coefficient (Wildman–Crippen LogP) is 2.98. The molecule has 0 amide bonds. The lowest BCUT2D eigenvalue weighted by Crippen LogP contribution is -2.22. The Morgan fingerprint density at radius 1 is 0.955 bits per heavy atom. The lowest BCUT2D eigenvalue weighted by Gasteiger charge is -2.25. The Morgan fingerprint density at radius 3 is 1.86 bits per heavy atom. The second kappa shape index (κ2) is 9.78. The molecule has 0 heterocycles. The first-order chi connectivity index (χ1) is 10.1. The van der Waals surface area contributed by atoms with Gasteiger partial charge < -0.3 is 14.2 Å². The molecule has 22 heavy (non-hydrogen) atoms. The molecular weight excluding hydrogens is 319 g/mol. The molecule has 0 saturated carbocycles. The van der Waals surface area contributed by atoms with Crippen molar-refractivity contribution in [3.63, 3.8) is 0 Å². The van der Waals surface area contributed by atoms with E-state index in [2.05, 4.69) is 4.74 Å². The molecule has 0 spiro atoms. The maximum absolute atomic E-state index is 12.5. The number of ether oxygens (including phenoxy) is 3. The van der Waals surface area contributed by atoms with Gasteiger partial charge in [0.1, 0.15) is 0 Å². The third-order valence-corrected chi connectivity index (χ3v) is 3.54. The van der Waals surface area contributed by atoms with Gasteiger partial charge in [-0.1, -0.05) is 0 Å². The van der Waals surface area contributed by atoms with Gasteiger partial charge in [0.05, 0.1) is 12.7 Å². The molecule has 0 saturated heterocycles. The van der Waals surface area contributed by atoms with Crippen molar-refractivity contribution < 1.29 is 41.9 Å². The molecule has 0 rings (SSSR count). The molecular formula is C12H23O9P. The van der Waals surface area contributed by atoms with Crippen LogP contribution in [0.15, 0.2) is 0 Å². The zero-order chi connectivity index (χ0) is 17.3. The topological polar surface area (TPSA) is 107 Å².